The highest BCUT2D eigenvalue weighted by Crippen LogP contribution is 2.14. The van der Waals surface area contributed by atoms with Crippen molar-refractivity contribution in [1.29, 1.82) is 0 Å². The lowest BCUT2D eigenvalue weighted by molar-refractivity contribution is 0.353. The van der Waals surface area contributed by atoms with E-state index in [0.717, 1.165) is 5.69 Å². The van der Waals surface area contributed by atoms with Crippen LogP contribution in [0.2, 0.25) is 0 Å². The van der Waals surface area contributed by atoms with Gasteiger partial charge in [-0.2, -0.15) is 4.98 Å². The van der Waals surface area contributed by atoms with Crippen LogP contribution in [0.5, 0.6) is 0 Å². The normalized spacial score (nSPS) is 13.2. The maximum atomic E-state index is 5.94. The summed E-state index contributed by atoms with van der Waals surface area (Å²) < 4.78 is 5.15. The van der Waals surface area contributed by atoms with Gasteiger partial charge in [0.1, 0.15) is 0 Å². The van der Waals surface area contributed by atoms with E-state index in [1.54, 1.807) is 0 Å². The Bertz CT molecular complexity index is 433. The Balaban J connectivity index is 2.08. The second kappa shape index (κ2) is 4.49. The minimum Gasteiger partial charge on any atom is -0.359 e. The maximum absolute atomic E-state index is 5.94. The summed E-state index contributed by atoms with van der Waals surface area (Å²) in [5.41, 5.74) is 6.80. The van der Waals surface area contributed by atoms with Crippen molar-refractivity contribution in [2.45, 2.75) is 26.3 Å². The summed E-state index contributed by atoms with van der Waals surface area (Å²) in [5, 5.41) is 3.90. The highest BCUT2D eigenvalue weighted by Gasteiger charge is 2.14. The quantitative estimate of drug-likeness (QED) is 0.819. The Hall–Kier alpha value is -1.62. The van der Waals surface area contributed by atoms with Gasteiger partial charge in [0.2, 0.25) is 11.7 Å². The van der Waals surface area contributed by atoms with E-state index in [2.05, 4.69) is 29.0 Å². The first-order chi connectivity index (χ1) is 7.66. The van der Waals surface area contributed by atoms with Crippen LogP contribution in [0.1, 0.15) is 19.7 Å². The van der Waals surface area contributed by atoms with E-state index >= 15 is 0 Å². The second-order valence-corrected chi connectivity index (χ2v) is 4.21. The lowest BCUT2D eigenvalue weighted by Crippen LogP contribution is -2.28. The fraction of sp³-hybridized carbons (Fsp3) is 0.455. The third kappa shape index (κ3) is 2.30. The first kappa shape index (κ1) is 10.9. The van der Waals surface area contributed by atoms with Gasteiger partial charge in [-0.15, -0.1) is 0 Å². The summed E-state index contributed by atoms with van der Waals surface area (Å²) in [6.45, 7) is 4.15. The van der Waals surface area contributed by atoms with Crippen LogP contribution >= 0.6 is 0 Å². The molecule has 2 aromatic heterocycles. The summed E-state index contributed by atoms with van der Waals surface area (Å²) >= 11 is 0. The van der Waals surface area contributed by atoms with E-state index in [-0.39, 0.29) is 6.04 Å². The van der Waals surface area contributed by atoms with Crippen molar-refractivity contribution in [3.8, 4) is 11.5 Å². The van der Waals surface area contributed by atoms with E-state index in [1.165, 1.54) is 0 Å². The number of hydrogen-bond acceptors (Lipinski definition) is 4. The molecule has 3 N–H and O–H groups in total. The highest BCUT2D eigenvalue weighted by atomic mass is 16.5. The van der Waals surface area contributed by atoms with E-state index in [4.69, 9.17) is 10.3 Å². The number of nitrogens with one attached hydrogen (secondary N) is 1. The number of rotatable bonds is 4. The van der Waals surface area contributed by atoms with E-state index < -0.39 is 0 Å². The van der Waals surface area contributed by atoms with Gasteiger partial charge in [-0.1, -0.05) is 19.0 Å². The van der Waals surface area contributed by atoms with Gasteiger partial charge in [0.25, 0.3) is 0 Å². The zero-order valence-corrected chi connectivity index (χ0v) is 9.47. The molecular weight excluding hydrogens is 204 g/mol. The molecule has 1 unspecified atom stereocenters. The van der Waals surface area contributed by atoms with Crippen LogP contribution in [0.25, 0.3) is 11.5 Å². The molecule has 2 rings (SSSR count). The number of aromatic amines is 1. The molecule has 0 aliphatic heterocycles. The second-order valence-electron chi connectivity index (χ2n) is 4.21. The van der Waals surface area contributed by atoms with Crippen molar-refractivity contribution < 1.29 is 4.52 Å². The van der Waals surface area contributed by atoms with Crippen molar-refractivity contribution in [1.82, 2.24) is 15.1 Å². The molecule has 0 aliphatic rings. The molecule has 0 amide bonds. The number of aromatic nitrogens is 3. The van der Waals surface area contributed by atoms with Gasteiger partial charge >= 0.3 is 0 Å². The van der Waals surface area contributed by atoms with Crippen LogP contribution in [-0.4, -0.2) is 21.2 Å². The first-order valence-corrected chi connectivity index (χ1v) is 5.38. The molecule has 0 aliphatic carbocycles. The lowest BCUT2D eigenvalue weighted by Gasteiger charge is -2.11. The van der Waals surface area contributed by atoms with Crippen molar-refractivity contribution in [2.24, 2.45) is 11.7 Å². The Kier molecular flexibility index (Phi) is 3.05. The van der Waals surface area contributed by atoms with E-state index in [1.807, 2.05) is 18.3 Å². The van der Waals surface area contributed by atoms with Crippen molar-refractivity contribution in [3.63, 3.8) is 0 Å². The van der Waals surface area contributed by atoms with Crippen LogP contribution in [0, 0.1) is 5.92 Å². The first-order valence-electron chi connectivity index (χ1n) is 5.38. The molecule has 0 saturated heterocycles. The summed E-state index contributed by atoms with van der Waals surface area (Å²) in [6, 6.07) is 3.85. The third-order valence-corrected chi connectivity index (χ3v) is 2.57. The molecule has 86 valence electrons. The average molecular weight is 220 g/mol. The molecule has 0 aromatic carbocycles. The van der Waals surface area contributed by atoms with Crippen LogP contribution in [0.15, 0.2) is 22.9 Å². The Morgan fingerprint density at radius 3 is 2.94 bits per heavy atom. The molecule has 16 heavy (non-hydrogen) atoms. The van der Waals surface area contributed by atoms with E-state index in [0.29, 0.717) is 24.1 Å². The molecule has 5 nitrogen and oxygen atoms in total. The largest absolute Gasteiger partial charge is 0.359 e. The molecule has 2 heterocycles. The van der Waals surface area contributed by atoms with Gasteiger partial charge in [0, 0.05) is 18.7 Å². The van der Waals surface area contributed by atoms with Gasteiger partial charge in [0.15, 0.2) is 0 Å². The summed E-state index contributed by atoms with van der Waals surface area (Å²) in [7, 11) is 0. The number of nitrogens with two attached hydrogens (primary N) is 1. The predicted octanol–water partition coefficient (Wildman–Crippen LogP) is 1.59. The molecule has 0 fully saturated rings. The Morgan fingerprint density at radius 2 is 2.31 bits per heavy atom. The number of H-pyrrole nitrogens is 1. The van der Waals surface area contributed by atoms with Crippen molar-refractivity contribution >= 4 is 0 Å². The molecule has 0 spiro atoms. The topological polar surface area (TPSA) is 80.7 Å². The maximum Gasteiger partial charge on any atom is 0.228 e. The van der Waals surface area contributed by atoms with Crippen LogP contribution in [-0.2, 0) is 6.42 Å². The van der Waals surface area contributed by atoms with Gasteiger partial charge in [-0.3, -0.25) is 0 Å². The van der Waals surface area contributed by atoms with E-state index in [9.17, 15) is 0 Å². The van der Waals surface area contributed by atoms with Crippen molar-refractivity contribution in [2.75, 3.05) is 0 Å². The molecular formula is C11H16N4O. The van der Waals surface area contributed by atoms with Gasteiger partial charge < -0.3 is 15.2 Å². The number of nitrogens with zero attached hydrogens (tertiary/aromatic N) is 2. The van der Waals surface area contributed by atoms with Crippen LogP contribution < -0.4 is 5.73 Å². The summed E-state index contributed by atoms with van der Waals surface area (Å²) in [4.78, 5) is 7.31. The average Bonchev–Trinajstić information content (AvgIpc) is 2.85. The Morgan fingerprint density at radius 1 is 1.50 bits per heavy atom. The van der Waals surface area contributed by atoms with Crippen LogP contribution in [0.3, 0.4) is 0 Å². The summed E-state index contributed by atoms with van der Waals surface area (Å²) in [5.74, 6) is 1.57. The van der Waals surface area contributed by atoms with Gasteiger partial charge in [0.05, 0.1) is 5.69 Å². The predicted molar refractivity (Wildman–Crippen MR) is 60.6 cm³/mol. The summed E-state index contributed by atoms with van der Waals surface area (Å²) in [6.07, 6.45) is 2.44. The zero-order chi connectivity index (χ0) is 11.5. The SMILES string of the molecule is CC(C)C(N)Cc1nc(-c2ccc[nH]2)no1. The molecule has 1 atom stereocenters. The third-order valence-electron chi connectivity index (χ3n) is 2.57. The fourth-order valence-corrected chi connectivity index (χ4v) is 1.35. The lowest BCUT2D eigenvalue weighted by atomic mass is 10.0. The van der Waals surface area contributed by atoms with Gasteiger partial charge in [-0.25, -0.2) is 0 Å². The van der Waals surface area contributed by atoms with Crippen molar-refractivity contribution in [3.05, 3.63) is 24.2 Å². The molecule has 0 bridgehead atoms. The van der Waals surface area contributed by atoms with Crippen LogP contribution in [0.4, 0.5) is 0 Å². The minimum absolute atomic E-state index is 0.0527. The molecule has 5 heteroatoms. The minimum atomic E-state index is 0.0527. The Labute approximate surface area is 94.0 Å². The smallest absolute Gasteiger partial charge is 0.228 e. The fourth-order valence-electron chi connectivity index (χ4n) is 1.35. The standard InChI is InChI=1S/C11H16N4O/c1-7(2)8(12)6-10-14-11(15-16-10)9-4-3-5-13-9/h3-5,7-8,13H,6,12H2,1-2H3. The monoisotopic (exact) mass is 220 g/mol. The molecule has 0 radical (unpaired) electrons. The molecule has 2 aromatic rings. The number of hydrogen-bond donors (Lipinski definition) is 2. The highest BCUT2D eigenvalue weighted by molar-refractivity contribution is 5.47. The zero-order valence-electron chi connectivity index (χ0n) is 9.47. The van der Waals surface area contributed by atoms with Gasteiger partial charge in [-0.05, 0) is 18.1 Å². The molecule has 0 saturated carbocycles.